The molecule has 110 valence electrons. The number of ether oxygens (including phenoxy) is 1. The number of fused-ring (bicyclic) bond motifs is 5. The van der Waals surface area contributed by atoms with Crippen molar-refractivity contribution in [3.05, 3.63) is 35.9 Å². The number of ketones is 1. The minimum absolute atomic E-state index is 0.0600. The molecule has 2 aliphatic heterocycles. The van der Waals surface area contributed by atoms with Crippen molar-refractivity contribution in [2.45, 2.75) is 25.4 Å². The van der Waals surface area contributed by atoms with Crippen molar-refractivity contribution in [3.8, 4) is 0 Å². The third-order valence-corrected chi connectivity index (χ3v) is 4.86. The first kappa shape index (κ1) is 13.1. The third-order valence-electron chi connectivity index (χ3n) is 4.86. The van der Waals surface area contributed by atoms with Gasteiger partial charge in [-0.3, -0.25) is 4.79 Å². The Morgan fingerprint density at radius 3 is 2.71 bits per heavy atom. The summed E-state index contributed by atoms with van der Waals surface area (Å²) in [6.07, 6.45) is 0.971. The molecule has 2 unspecified atom stereocenters. The number of carbonyl (C=O) groups excluding carboxylic acids is 2. The van der Waals surface area contributed by atoms with E-state index in [2.05, 4.69) is 0 Å². The molecule has 1 aromatic rings. The first-order valence-corrected chi connectivity index (χ1v) is 7.27. The Morgan fingerprint density at radius 2 is 1.95 bits per heavy atom. The zero-order valence-corrected chi connectivity index (χ0v) is 11.4. The quantitative estimate of drug-likeness (QED) is 0.621. The van der Waals surface area contributed by atoms with Crippen molar-refractivity contribution in [1.82, 2.24) is 0 Å². The van der Waals surface area contributed by atoms with Crippen LogP contribution in [0.5, 0.6) is 0 Å². The van der Waals surface area contributed by atoms with E-state index in [1.54, 1.807) is 0 Å². The molecule has 4 rings (SSSR count). The van der Waals surface area contributed by atoms with Crippen molar-refractivity contribution in [2.75, 3.05) is 0 Å². The van der Waals surface area contributed by atoms with Gasteiger partial charge in [-0.2, -0.15) is 0 Å². The lowest BCUT2D eigenvalue weighted by Gasteiger charge is -2.24. The van der Waals surface area contributed by atoms with Crippen molar-refractivity contribution >= 4 is 12.1 Å². The van der Waals surface area contributed by atoms with Crippen LogP contribution in [-0.4, -0.2) is 24.6 Å². The summed E-state index contributed by atoms with van der Waals surface area (Å²) in [7, 11) is 0. The van der Waals surface area contributed by atoms with Gasteiger partial charge in [0.25, 0.3) is 0 Å². The summed E-state index contributed by atoms with van der Waals surface area (Å²) in [5.41, 5.74) is 0.969. The molecule has 0 amide bonds. The van der Waals surface area contributed by atoms with Crippen LogP contribution in [0.25, 0.3) is 0 Å². The van der Waals surface area contributed by atoms with Crippen molar-refractivity contribution in [1.29, 1.82) is 0 Å². The van der Waals surface area contributed by atoms with E-state index in [-0.39, 0.29) is 29.5 Å². The van der Waals surface area contributed by atoms with Gasteiger partial charge >= 0.3 is 0 Å². The van der Waals surface area contributed by atoms with Crippen LogP contribution >= 0.6 is 0 Å². The summed E-state index contributed by atoms with van der Waals surface area (Å²) in [5.74, 6) is -0.466. The van der Waals surface area contributed by atoms with E-state index in [9.17, 15) is 9.59 Å². The predicted octanol–water partition coefficient (Wildman–Crippen LogP) is 1.51. The van der Waals surface area contributed by atoms with E-state index in [4.69, 9.17) is 14.5 Å². The van der Waals surface area contributed by atoms with Crippen molar-refractivity contribution < 1.29 is 24.1 Å². The van der Waals surface area contributed by atoms with E-state index in [0.29, 0.717) is 12.8 Å². The van der Waals surface area contributed by atoms with E-state index in [1.807, 2.05) is 30.3 Å². The molecule has 6 atom stereocenters. The zero-order valence-electron chi connectivity index (χ0n) is 11.4. The van der Waals surface area contributed by atoms with Crippen molar-refractivity contribution in [3.63, 3.8) is 0 Å². The molecule has 5 nitrogen and oxygen atoms in total. The molecular weight excluding hydrogens is 272 g/mol. The molecule has 3 fully saturated rings. The third kappa shape index (κ3) is 2.04. The van der Waals surface area contributed by atoms with Gasteiger partial charge in [-0.25, -0.2) is 9.78 Å². The molecule has 1 aliphatic carbocycles. The highest BCUT2D eigenvalue weighted by molar-refractivity contribution is 5.86. The molecule has 0 N–H and O–H groups in total. The average Bonchev–Trinajstić information content (AvgIpc) is 3.19. The van der Waals surface area contributed by atoms with Crippen LogP contribution < -0.4 is 0 Å². The molecule has 2 bridgehead atoms. The second-order valence-corrected chi connectivity index (χ2v) is 6.00. The standard InChI is InChI=1S/C16H16O5/c17-8-10-7-11-14(16-19-15(11)20-21-16)13(10)12(18)6-9-4-2-1-3-5-9/h1-5,8,10-11,13-16H,6-7H2/t10?,11-,13?,14-,15-,16+/m1/s1. The lowest BCUT2D eigenvalue weighted by molar-refractivity contribution is -0.339. The van der Waals surface area contributed by atoms with Gasteiger partial charge in [0.15, 0.2) is 12.6 Å². The summed E-state index contributed by atoms with van der Waals surface area (Å²) in [4.78, 5) is 34.2. The maximum Gasteiger partial charge on any atom is 0.198 e. The van der Waals surface area contributed by atoms with Crippen LogP contribution in [0.3, 0.4) is 0 Å². The highest BCUT2D eigenvalue weighted by Crippen LogP contribution is 2.54. The first-order chi connectivity index (χ1) is 10.3. The van der Waals surface area contributed by atoms with Gasteiger partial charge in [0.2, 0.25) is 0 Å². The fourth-order valence-electron chi connectivity index (χ4n) is 3.96. The van der Waals surface area contributed by atoms with Gasteiger partial charge < -0.3 is 9.53 Å². The molecule has 2 saturated heterocycles. The highest BCUT2D eigenvalue weighted by atomic mass is 17.3. The Bertz CT molecular complexity index is 557. The fourth-order valence-corrected chi connectivity index (χ4v) is 3.96. The molecule has 0 spiro atoms. The number of hydrogen-bond acceptors (Lipinski definition) is 5. The molecular formula is C16H16O5. The van der Waals surface area contributed by atoms with Gasteiger partial charge in [0.1, 0.15) is 12.1 Å². The Kier molecular flexibility index (Phi) is 3.14. The molecule has 1 aromatic carbocycles. The fraction of sp³-hybridized carbons (Fsp3) is 0.500. The van der Waals surface area contributed by atoms with Crippen LogP contribution in [-0.2, 0) is 30.5 Å². The molecule has 0 radical (unpaired) electrons. The van der Waals surface area contributed by atoms with E-state index >= 15 is 0 Å². The lowest BCUT2D eigenvalue weighted by atomic mass is 9.82. The largest absolute Gasteiger partial charge is 0.317 e. The van der Waals surface area contributed by atoms with Crippen LogP contribution in [0.15, 0.2) is 30.3 Å². The summed E-state index contributed by atoms with van der Waals surface area (Å²) >= 11 is 0. The van der Waals surface area contributed by atoms with Crippen LogP contribution in [0.4, 0.5) is 0 Å². The molecule has 0 aromatic heterocycles. The van der Waals surface area contributed by atoms with Gasteiger partial charge in [-0.15, -0.1) is 0 Å². The van der Waals surface area contributed by atoms with E-state index in [0.717, 1.165) is 11.8 Å². The highest BCUT2D eigenvalue weighted by Gasteiger charge is 2.62. The average molecular weight is 288 g/mol. The van der Waals surface area contributed by atoms with Crippen molar-refractivity contribution in [2.24, 2.45) is 23.7 Å². The van der Waals surface area contributed by atoms with Crippen LogP contribution in [0.2, 0.25) is 0 Å². The predicted molar refractivity (Wildman–Crippen MR) is 70.6 cm³/mol. The lowest BCUT2D eigenvalue weighted by Crippen LogP contribution is -2.35. The SMILES string of the molecule is O=CC1C[C@H]2[C@H]3OO[C@H](O3)[C@H]2C1C(=O)Cc1ccccc1. The second-order valence-electron chi connectivity index (χ2n) is 6.00. The summed E-state index contributed by atoms with van der Waals surface area (Å²) in [6, 6.07) is 9.60. The first-order valence-electron chi connectivity index (χ1n) is 7.27. The topological polar surface area (TPSA) is 61.8 Å². The maximum absolute atomic E-state index is 12.7. The Labute approximate surface area is 122 Å². The molecule has 21 heavy (non-hydrogen) atoms. The number of benzene rings is 1. The van der Waals surface area contributed by atoms with E-state index < -0.39 is 12.6 Å². The minimum atomic E-state index is -0.505. The normalized spacial score (nSPS) is 40.2. The molecule has 2 heterocycles. The second kappa shape index (κ2) is 5.02. The minimum Gasteiger partial charge on any atom is -0.317 e. The Morgan fingerprint density at radius 1 is 1.19 bits per heavy atom. The van der Waals surface area contributed by atoms with Gasteiger partial charge in [0.05, 0.1) is 0 Å². The van der Waals surface area contributed by atoms with Gasteiger partial charge in [-0.05, 0) is 12.0 Å². The zero-order chi connectivity index (χ0) is 14.4. The molecule has 5 heteroatoms. The van der Waals surface area contributed by atoms with Crippen LogP contribution in [0, 0.1) is 23.7 Å². The monoisotopic (exact) mass is 288 g/mol. The van der Waals surface area contributed by atoms with E-state index in [1.165, 1.54) is 0 Å². The van der Waals surface area contributed by atoms with Gasteiger partial charge in [-0.1, -0.05) is 30.3 Å². The van der Waals surface area contributed by atoms with Crippen LogP contribution in [0.1, 0.15) is 12.0 Å². The Hall–Kier alpha value is -1.56. The molecule has 3 aliphatic rings. The maximum atomic E-state index is 12.7. The summed E-state index contributed by atoms with van der Waals surface area (Å²) < 4.78 is 5.55. The number of hydrogen-bond donors (Lipinski definition) is 0. The number of Topliss-reactive ketones (excluding diaryl/α,β-unsaturated/α-hetero) is 1. The molecule has 1 saturated carbocycles. The summed E-state index contributed by atoms with van der Waals surface area (Å²) in [6.45, 7) is 0. The Balaban J connectivity index is 1.57. The number of aldehydes is 1. The number of rotatable bonds is 4. The number of carbonyl (C=O) groups is 2. The summed E-state index contributed by atoms with van der Waals surface area (Å²) in [5, 5.41) is 0. The van der Waals surface area contributed by atoms with Gasteiger partial charge in [0, 0.05) is 30.1 Å². The smallest absolute Gasteiger partial charge is 0.198 e.